The zero-order chi connectivity index (χ0) is 18.0. The van der Waals surface area contributed by atoms with Crippen LogP contribution >= 0.6 is 0 Å². The Bertz CT molecular complexity index is 894. The Balaban J connectivity index is 1.79. The van der Waals surface area contributed by atoms with Crippen LogP contribution in [0, 0.1) is 11.6 Å². The molecule has 0 unspecified atom stereocenters. The van der Waals surface area contributed by atoms with Crippen LogP contribution in [0.25, 0.3) is 0 Å². The van der Waals surface area contributed by atoms with Crippen LogP contribution in [0.4, 0.5) is 8.78 Å². The number of rotatable bonds is 4. The molecule has 0 saturated heterocycles. The minimum Gasteiger partial charge on any atom is -0.363 e. The van der Waals surface area contributed by atoms with Gasteiger partial charge in [-0.2, -0.15) is 0 Å². The van der Waals surface area contributed by atoms with Crippen LogP contribution in [0.1, 0.15) is 22.8 Å². The smallest absolute Gasteiger partial charge is 0.267 e. The number of hydrogen-bond acceptors (Lipinski definition) is 4. The summed E-state index contributed by atoms with van der Waals surface area (Å²) in [5, 5.41) is 0. The Kier molecular flexibility index (Phi) is 4.82. The van der Waals surface area contributed by atoms with Gasteiger partial charge < -0.3 is 4.74 Å². The van der Waals surface area contributed by atoms with Crippen LogP contribution in [0.15, 0.2) is 42.5 Å². The van der Waals surface area contributed by atoms with Crippen molar-refractivity contribution in [1.82, 2.24) is 4.72 Å². The highest BCUT2D eigenvalue weighted by Crippen LogP contribution is 2.27. The van der Waals surface area contributed by atoms with Gasteiger partial charge in [0.25, 0.3) is 5.91 Å². The van der Waals surface area contributed by atoms with E-state index in [-0.39, 0.29) is 6.61 Å². The lowest BCUT2D eigenvalue weighted by atomic mass is 9.97. The molecule has 5 nitrogen and oxygen atoms in total. The van der Waals surface area contributed by atoms with Gasteiger partial charge in [-0.3, -0.25) is 9.52 Å². The van der Waals surface area contributed by atoms with Crippen molar-refractivity contribution < 1.29 is 26.7 Å². The van der Waals surface area contributed by atoms with Gasteiger partial charge in [-0.15, -0.1) is 0 Å². The molecule has 3 rings (SSSR count). The molecule has 1 amide bonds. The third-order valence-electron chi connectivity index (χ3n) is 3.88. The van der Waals surface area contributed by atoms with Crippen LogP contribution in [-0.4, -0.2) is 20.9 Å². The highest BCUT2D eigenvalue weighted by molar-refractivity contribution is 7.89. The van der Waals surface area contributed by atoms with E-state index in [0.717, 1.165) is 23.8 Å². The highest BCUT2D eigenvalue weighted by atomic mass is 32.2. The van der Waals surface area contributed by atoms with Crippen LogP contribution < -0.4 is 4.72 Å². The summed E-state index contributed by atoms with van der Waals surface area (Å²) in [5.41, 5.74) is 0.859. The van der Waals surface area contributed by atoms with Gasteiger partial charge in [0.2, 0.25) is 10.0 Å². The zero-order valence-corrected chi connectivity index (χ0v) is 13.9. The second kappa shape index (κ2) is 6.89. The van der Waals surface area contributed by atoms with Crippen LogP contribution in [-0.2, 0) is 31.7 Å². The summed E-state index contributed by atoms with van der Waals surface area (Å²) in [6.07, 6.45) is -0.460. The fourth-order valence-electron chi connectivity index (χ4n) is 2.71. The van der Waals surface area contributed by atoms with E-state index in [1.165, 1.54) is 0 Å². The summed E-state index contributed by atoms with van der Waals surface area (Å²) in [6.45, 7) is 0.275. The maximum atomic E-state index is 13.6. The van der Waals surface area contributed by atoms with Crippen LogP contribution in [0.5, 0.6) is 0 Å². The standard InChI is InChI=1S/C17H15F2NO4S/c18-14-6-3-7-15(19)13(14)10-25(22,23)20-17(21)16-12-5-2-1-4-11(12)8-9-24-16/h1-7,16H,8-10H2,(H,20,21)/t16-/m0/s1. The highest BCUT2D eigenvalue weighted by Gasteiger charge is 2.30. The number of carbonyl (C=O) groups is 1. The monoisotopic (exact) mass is 367 g/mol. The van der Waals surface area contributed by atoms with Crippen LogP contribution in [0.3, 0.4) is 0 Å². The van der Waals surface area contributed by atoms with Crippen molar-refractivity contribution in [3.05, 3.63) is 70.8 Å². The number of benzene rings is 2. The molecule has 1 aliphatic rings. The van der Waals surface area contributed by atoms with Crippen molar-refractivity contribution in [2.75, 3.05) is 6.61 Å². The van der Waals surface area contributed by atoms with Gasteiger partial charge >= 0.3 is 0 Å². The average molecular weight is 367 g/mol. The Morgan fingerprint density at radius 1 is 1.12 bits per heavy atom. The van der Waals surface area contributed by atoms with Crippen LogP contribution in [0.2, 0.25) is 0 Å². The third kappa shape index (κ3) is 3.85. The SMILES string of the molecule is O=C(NS(=O)(=O)Cc1c(F)cccc1F)[C@H]1OCCc2ccccc21. The molecule has 0 aliphatic carbocycles. The number of fused-ring (bicyclic) bond motifs is 1. The molecule has 0 bridgehead atoms. The maximum absolute atomic E-state index is 13.6. The first-order chi connectivity index (χ1) is 11.9. The van der Waals surface area contributed by atoms with Crippen molar-refractivity contribution in [3.63, 3.8) is 0 Å². The number of amides is 1. The Hall–Kier alpha value is -2.32. The molecule has 1 aliphatic heterocycles. The average Bonchev–Trinajstić information content (AvgIpc) is 2.57. The van der Waals surface area contributed by atoms with E-state index < -0.39 is 45.0 Å². The lowest BCUT2D eigenvalue weighted by molar-refractivity contribution is -0.132. The van der Waals surface area contributed by atoms with Crippen molar-refractivity contribution >= 4 is 15.9 Å². The molecule has 2 aromatic rings. The first-order valence-corrected chi connectivity index (χ1v) is 9.19. The Labute approximate surface area is 143 Å². The van der Waals surface area contributed by atoms with Crippen molar-refractivity contribution in [1.29, 1.82) is 0 Å². The first kappa shape index (κ1) is 17.5. The second-order valence-corrected chi connectivity index (χ2v) is 7.35. The molecule has 25 heavy (non-hydrogen) atoms. The van der Waals surface area contributed by atoms with Gasteiger partial charge in [-0.05, 0) is 29.7 Å². The predicted molar refractivity (Wildman–Crippen MR) is 86.0 cm³/mol. The zero-order valence-electron chi connectivity index (χ0n) is 13.0. The summed E-state index contributed by atoms with van der Waals surface area (Å²) in [5.74, 6) is -3.84. The topological polar surface area (TPSA) is 72.5 Å². The van der Waals surface area contributed by atoms with E-state index in [1.807, 2.05) is 16.9 Å². The molecule has 0 radical (unpaired) electrons. The van der Waals surface area contributed by atoms with Gasteiger partial charge in [-0.1, -0.05) is 30.3 Å². The molecule has 8 heteroatoms. The quantitative estimate of drug-likeness (QED) is 0.900. The van der Waals surface area contributed by atoms with E-state index in [1.54, 1.807) is 12.1 Å². The second-order valence-electron chi connectivity index (χ2n) is 5.63. The summed E-state index contributed by atoms with van der Waals surface area (Å²) in [7, 11) is -4.29. The Morgan fingerprint density at radius 2 is 1.80 bits per heavy atom. The van der Waals surface area contributed by atoms with Crippen molar-refractivity contribution in [3.8, 4) is 0 Å². The van der Waals surface area contributed by atoms with Gasteiger partial charge in [-0.25, -0.2) is 17.2 Å². The normalized spacial score (nSPS) is 17.0. The first-order valence-electron chi connectivity index (χ1n) is 7.54. The van der Waals surface area contributed by atoms with E-state index in [0.29, 0.717) is 12.0 Å². The van der Waals surface area contributed by atoms with E-state index >= 15 is 0 Å². The fourth-order valence-corrected chi connectivity index (χ4v) is 3.86. The fraction of sp³-hybridized carbons (Fsp3) is 0.235. The molecular weight excluding hydrogens is 352 g/mol. The third-order valence-corrected chi connectivity index (χ3v) is 5.06. The van der Waals surface area contributed by atoms with Gasteiger partial charge in [0.15, 0.2) is 6.10 Å². The largest absolute Gasteiger partial charge is 0.363 e. The minimum absolute atomic E-state index is 0.275. The number of carbonyl (C=O) groups excluding carboxylic acids is 1. The summed E-state index contributed by atoms with van der Waals surface area (Å²) < 4.78 is 58.8. The van der Waals surface area contributed by atoms with E-state index in [4.69, 9.17) is 4.74 Å². The lowest BCUT2D eigenvalue weighted by Gasteiger charge is -2.25. The molecule has 2 aromatic carbocycles. The molecule has 1 heterocycles. The predicted octanol–water partition coefficient (Wildman–Crippen LogP) is 2.22. The number of ether oxygens (including phenoxy) is 1. The molecule has 132 valence electrons. The molecule has 0 spiro atoms. The summed E-state index contributed by atoms with van der Waals surface area (Å²) in [6, 6.07) is 10.1. The van der Waals surface area contributed by atoms with Gasteiger partial charge in [0, 0.05) is 5.56 Å². The lowest BCUT2D eigenvalue weighted by Crippen LogP contribution is -2.38. The molecule has 0 fully saturated rings. The molecule has 0 saturated carbocycles. The van der Waals surface area contributed by atoms with Gasteiger partial charge in [0.05, 0.1) is 6.61 Å². The molecule has 0 aromatic heterocycles. The number of hydrogen-bond donors (Lipinski definition) is 1. The van der Waals surface area contributed by atoms with Crippen molar-refractivity contribution in [2.24, 2.45) is 0 Å². The summed E-state index contributed by atoms with van der Waals surface area (Å²) >= 11 is 0. The minimum atomic E-state index is -4.29. The molecule has 1 N–H and O–H groups in total. The number of sulfonamides is 1. The molecular formula is C17H15F2NO4S. The van der Waals surface area contributed by atoms with E-state index in [9.17, 15) is 22.0 Å². The van der Waals surface area contributed by atoms with Gasteiger partial charge in [0.1, 0.15) is 17.4 Å². The van der Waals surface area contributed by atoms with E-state index in [2.05, 4.69) is 0 Å². The number of nitrogens with one attached hydrogen (secondary N) is 1. The number of halogens is 2. The molecule has 1 atom stereocenters. The van der Waals surface area contributed by atoms with Crippen molar-refractivity contribution in [2.45, 2.75) is 18.3 Å². The summed E-state index contributed by atoms with van der Waals surface area (Å²) in [4.78, 5) is 12.3. The Morgan fingerprint density at radius 3 is 2.52 bits per heavy atom. The maximum Gasteiger partial charge on any atom is 0.267 e.